The zero-order valence-electron chi connectivity index (χ0n) is 11.1. The lowest BCUT2D eigenvalue weighted by molar-refractivity contribution is -0.125. The van der Waals surface area contributed by atoms with Gasteiger partial charge in [-0.25, -0.2) is 4.98 Å². The number of carbonyl (C=O) groups is 1. The minimum absolute atomic E-state index is 0.0864. The first kappa shape index (κ1) is 14.5. The Kier molecular flexibility index (Phi) is 5.56. The number of hydrogen-bond donors (Lipinski definition) is 2. The maximum absolute atomic E-state index is 11.5. The third-order valence-electron chi connectivity index (χ3n) is 2.44. The molecule has 0 bridgehead atoms. The summed E-state index contributed by atoms with van der Waals surface area (Å²) in [6.45, 7) is 3.15. The molecule has 0 spiro atoms. The standard InChI is InChI=1S/C11H16N6O2S/c1-2-3-4-19-6-9(18)12-5-10-13-8(7-20-10)11-14-16-17-15-11/h7H,2-6H2,1H3,(H,12,18)(H,14,15,16,17). The molecule has 2 aromatic rings. The molecule has 0 radical (unpaired) electrons. The fourth-order valence-electron chi connectivity index (χ4n) is 1.40. The Morgan fingerprint density at radius 3 is 3.20 bits per heavy atom. The first-order valence-corrected chi connectivity index (χ1v) is 7.20. The van der Waals surface area contributed by atoms with Crippen LogP contribution in [-0.4, -0.2) is 44.7 Å². The number of aromatic nitrogens is 5. The van der Waals surface area contributed by atoms with Gasteiger partial charge < -0.3 is 10.1 Å². The number of thiazole rings is 1. The molecule has 8 nitrogen and oxygen atoms in total. The molecule has 0 saturated carbocycles. The third kappa shape index (κ3) is 4.35. The Morgan fingerprint density at radius 2 is 2.45 bits per heavy atom. The van der Waals surface area contributed by atoms with Crippen molar-refractivity contribution in [3.05, 3.63) is 10.4 Å². The molecule has 0 aliphatic rings. The summed E-state index contributed by atoms with van der Waals surface area (Å²) in [6.07, 6.45) is 2.02. The second-order valence-electron chi connectivity index (χ2n) is 4.04. The van der Waals surface area contributed by atoms with Gasteiger partial charge >= 0.3 is 0 Å². The first-order chi connectivity index (χ1) is 9.79. The van der Waals surface area contributed by atoms with Gasteiger partial charge in [-0.2, -0.15) is 5.21 Å². The van der Waals surface area contributed by atoms with Gasteiger partial charge in [0.05, 0.1) is 6.54 Å². The minimum atomic E-state index is -0.141. The minimum Gasteiger partial charge on any atom is -0.372 e. The van der Waals surface area contributed by atoms with Crippen LogP contribution in [0.15, 0.2) is 5.38 Å². The monoisotopic (exact) mass is 296 g/mol. The van der Waals surface area contributed by atoms with Crippen molar-refractivity contribution < 1.29 is 9.53 Å². The lowest BCUT2D eigenvalue weighted by Gasteiger charge is -2.04. The van der Waals surface area contributed by atoms with Crippen LogP contribution in [0.5, 0.6) is 0 Å². The number of hydrogen-bond acceptors (Lipinski definition) is 7. The van der Waals surface area contributed by atoms with E-state index >= 15 is 0 Å². The van der Waals surface area contributed by atoms with Crippen LogP contribution < -0.4 is 5.32 Å². The molecule has 2 rings (SSSR count). The van der Waals surface area contributed by atoms with Gasteiger partial charge in [0.1, 0.15) is 17.3 Å². The Bertz CT molecular complexity index is 527. The number of amides is 1. The van der Waals surface area contributed by atoms with Crippen LogP contribution in [0.25, 0.3) is 11.5 Å². The van der Waals surface area contributed by atoms with Gasteiger partial charge in [0.25, 0.3) is 0 Å². The second-order valence-corrected chi connectivity index (χ2v) is 4.99. The quantitative estimate of drug-likeness (QED) is 0.697. The Hall–Kier alpha value is -1.87. The molecule has 1 amide bonds. The number of nitrogens with zero attached hydrogens (tertiary/aromatic N) is 4. The zero-order valence-corrected chi connectivity index (χ0v) is 11.9. The molecule has 0 fully saturated rings. The molecular formula is C11H16N6O2S. The average molecular weight is 296 g/mol. The number of carbonyl (C=O) groups excluding carboxylic acids is 1. The fourth-order valence-corrected chi connectivity index (χ4v) is 2.11. The maximum atomic E-state index is 11.5. The van der Waals surface area contributed by atoms with E-state index in [4.69, 9.17) is 4.74 Å². The van der Waals surface area contributed by atoms with Crippen molar-refractivity contribution in [1.29, 1.82) is 0 Å². The van der Waals surface area contributed by atoms with Gasteiger partial charge in [-0.05, 0) is 11.6 Å². The SMILES string of the molecule is CCCCOCC(=O)NCc1nc(-c2nn[nH]n2)cs1. The fraction of sp³-hybridized carbons (Fsp3) is 0.545. The molecule has 108 valence electrons. The highest BCUT2D eigenvalue weighted by Crippen LogP contribution is 2.16. The van der Waals surface area contributed by atoms with E-state index in [2.05, 4.69) is 37.8 Å². The van der Waals surface area contributed by atoms with Crippen molar-refractivity contribution in [1.82, 2.24) is 30.9 Å². The lowest BCUT2D eigenvalue weighted by Crippen LogP contribution is -2.27. The van der Waals surface area contributed by atoms with E-state index in [0.29, 0.717) is 24.7 Å². The smallest absolute Gasteiger partial charge is 0.246 e. The van der Waals surface area contributed by atoms with E-state index in [1.165, 1.54) is 11.3 Å². The number of unbranched alkanes of at least 4 members (excludes halogenated alkanes) is 1. The van der Waals surface area contributed by atoms with Crippen LogP contribution in [0, 0.1) is 0 Å². The first-order valence-electron chi connectivity index (χ1n) is 6.32. The van der Waals surface area contributed by atoms with Crippen molar-refractivity contribution in [3.8, 4) is 11.5 Å². The van der Waals surface area contributed by atoms with E-state index in [9.17, 15) is 4.79 Å². The highest BCUT2D eigenvalue weighted by molar-refractivity contribution is 7.09. The average Bonchev–Trinajstić information content (AvgIpc) is 3.11. The van der Waals surface area contributed by atoms with Crippen molar-refractivity contribution in [2.24, 2.45) is 0 Å². The number of tetrazole rings is 1. The summed E-state index contributed by atoms with van der Waals surface area (Å²) in [7, 11) is 0. The number of nitrogens with one attached hydrogen (secondary N) is 2. The topological polar surface area (TPSA) is 106 Å². The molecule has 0 atom stereocenters. The van der Waals surface area contributed by atoms with Crippen molar-refractivity contribution >= 4 is 17.2 Å². The van der Waals surface area contributed by atoms with Crippen LogP contribution in [-0.2, 0) is 16.1 Å². The number of H-pyrrole nitrogens is 1. The van der Waals surface area contributed by atoms with Crippen molar-refractivity contribution in [3.63, 3.8) is 0 Å². The summed E-state index contributed by atoms with van der Waals surface area (Å²) in [6, 6.07) is 0. The lowest BCUT2D eigenvalue weighted by atomic mass is 10.4. The van der Waals surface area contributed by atoms with Gasteiger partial charge in [-0.3, -0.25) is 4.79 Å². The molecule has 20 heavy (non-hydrogen) atoms. The molecule has 0 aliphatic carbocycles. The van der Waals surface area contributed by atoms with Gasteiger partial charge in [0.2, 0.25) is 11.7 Å². The van der Waals surface area contributed by atoms with Gasteiger partial charge in [0.15, 0.2) is 0 Å². The molecule has 9 heteroatoms. The van der Waals surface area contributed by atoms with Gasteiger partial charge in [0, 0.05) is 12.0 Å². The summed E-state index contributed by atoms with van der Waals surface area (Å²) in [5.74, 6) is 0.305. The van der Waals surface area contributed by atoms with Crippen molar-refractivity contribution in [2.75, 3.05) is 13.2 Å². The van der Waals surface area contributed by atoms with Gasteiger partial charge in [-0.1, -0.05) is 13.3 Å². The van der Waals surface area contributed by atoms with Crippen LogP contribution >= 0.6 is 11.3 Å². The maximum Gasteiger partial charge on any atom is 0.246 e. The highest BCUT2D eigenvalue weighted by atomic mass is 32.1. The van der Waals surface area contributed by atoms with E-state index in [-0.39, 0.29) is 12.5 Å². The molecule has 0 aromatic carbocycles. The predicted molar refractivity (Wildman–Crippen MR) is 72.9 cm³/mol. The summed E-state index contributed by atoms with van der Waals surface area (Å²) in [5, 5.41) is 18.9. The predicted octanol–water partition coefficient (Wildman–Crippen LogP) is 0.756. The van der Waals surface area contributed by atoms with E-state index in [1.54, 1.807) is 0 Å². The molecule has 2 aromatic heterocycles. The number of aromatic amines is 1. The van der Waals surface area contributed by atoms with Crippen LogP contribution in [0.3, 0.4) is 0 Å². The highest BCUT2D eigenvalue weighted by Gasteiger charge is 2.09. The summed E-state index contributed by atoms with van der Waals surface area (Å²) < 4.78 is 5.23. The second kappa shape index (κ2) is 7.65. The summed E-state index contributed by atoms with van der Waals surface area (Å²) >= 11 is 1.43. The zero-order chi connectivity index (χ0) is 14.2. The summed E-state index contributed by atoms with van der Waals surface area (Å²) in [4.78, 5) is 15.8. The molecule has 0 saturated heterocycles. The molecule has 0 unspecified atom stereocenters. The number of ether oxygens (including phenoxy) is 1. The van der Waals surface area contributed by atoms with Crippen molar-refractivity contribution in [2.45, 2.75) is 26.3 Å². The van der Waals surface area contributed by atoms with E-state index < -0.39 is 0 Å². The molecule has 2 N–H and O–H groups in total. The Balaban J connectivity index is 1.73. The normalized spacial score (nSPS) is 10.7. The molecule has 2 heterocycles. The molecule has 0 aliphatic heterocycles. The van der Waals surface area contributed by atoms with E-state index in [0.717, 1.165) is 17.8 Å². The van der Waals surface area contributed by atoms with Crippen LogP contribution in [0.1, 0.15) is 24.8 Å². The summed E-state index contributed by atoms with van der Waals surface area (Å²) in [5.41, 5.74) is 0.646. The third-order valence-corrected chi connectivity index (χ3v) is 3.29. The number of rotatable bonds is 8. The van der Waals surface area contributed by atoms with E-state index in [1.807, 2.05) is 5.38 Å². The Labute approximate surface area is 120 Å². The largest absolute Gasteiger partial charge is 0.372 e. The van der Waals surface area contributed by atoms with Crippen LogP contribution in [0.2, 0.25) is 0 Å². The van der Waals surface area contributed by atoms with Gasteiger partial charge in [-0.15, -0.1) is 21.5 Å². The van der Waals surface area contributed by atoms with Crippen LogP contribution in [0.4, 0.5) is 0 Å². The Morgan fingerprint density at radius 1 is 1.55 bits per heavy atom. The molecular weight excluding hydrogens is 280 g/mol.